The van der Waals surface area contributed by atoms with Gasteiger partial charge in [-0.15, -0.1) is 0 Å². The van der Waals surface area contributed by atoms with Crippen LogP contribution in [0.2, 0.25) is 5.02 Å². The van der Waals surface area contributed by atoms with Crippen LogP contribution in [0.3, 0.4) is 0 Å². The van der Waals surface area contributed by atoms with E-state index in [1.54, 1.807) is 6.20 Å². The lowest BCUT2D eigenvalue weighted by Crippen LogP contribution is -2.31. The van der Waals surface area contributed by atoms with Crippen molar-refractivity contribution in [3.8, 4) is 0 Å². The van der Waals surface area contributed by atoms with E-state index in [1.165, 1.54) is 0 Å². The fourth-order valence-corrected chi connectivity index (χ4v) is 5.40. The molecule has 0 unspecified atom stereocenters. The van der Waals surface area contributed by atoms with E-state index in [2.05, 4.69) is 43.4 Å². The lowest BCUT2D eigenvalue weighted by atomic mass is 10.0. The third kappa shape index (κ3) is 4.98. The van der Waals surface area contributed by atoms with E-state index in [0.717, 1.165) is 43.1 Å². The second-order valence-electron chi connectivity index (χ2n) is 9.53. The zero-order valence-electron chi connectivity index (χ0n) is 20.4. The summed E-state index contributed by atoms with van der Waals surface area (Å²) >= 11 is 12.5. The van der Waals surface area contributed by atoms with E-state index in [4.69, 9.17) is 28.6 Å². The summed E-state index contributed by atoms with van der Waals surface area (Å²) in [5.74, 6) is -0.223. The number of rotatable bonds is 7. The van der Waals surface area contributed by atoms with Crippen molar-refractivity contribution in [1.82, 2.24) is 14.9 Å². The molecule has 3 aromatic rings. The first-order valence-corrected chi connectivity index (χ1v) is 13.1. The van der Waals surface area contributed by atoms with Crippen LogP contribution in [-0.2, 0) is 16.1 Å². The highest BCUT2D eigenvalue weighted by Gasteiger charge is 2.42. The van der Waals surface area contributed by atoms with Crippen LogP contribution >= 0.6 is 23.8 Å². The van der Waals surface area contributed by atoms with Crippen molar-refractivity contribution in [1.29, 1.82) is 0 Å². The molecule has 0 bridgehead atoms. The van der Waals surface area contributed by atoms with Crippen LogP contribution in [0.15, 0.2) is 60.9 Å². The van der Waals surface area contributed by atoms with Gasteiger partial charge in [-0.3, -0.25) is 9.78 Å². The number of thiocarbonyl (C=S) groups is 1. The Morgan fingerprint density at radius 1 is 1.28 bits per heavy atom. The predicted octanol–water partition coefficient (Wildman–Crippen LogP) is 5.49. The van der Waals surface area contributed by atoms with Gasteiger partial charge in [0, 0.05) is 42.8 Å². The van der Waals surface area contributed by atoms with Gasteiger partial charge in [-0.05, 0) is 67.5 Å². The van der Waals surface area contributed by atoms with Crippen molar-refractivity contribution in [2.24, 2.45) is 5.92 Å². The summed E-state index contributed by atoms with van der Waals surface area (Å²) in [7, 11) is 0. The van der Waals surface area contributed by atoms with Gasteiger partial charge in [-0.25, -0.2) is 0 Å². The highest BCUT2D eigenvalue weighted by atomic mass is 35.5. The standard InChI is InChI=1S/C27H30ClN5O2S/c1-17(2)26(34)30-21-11-10-18(15-20(21)28)33-25(24(31-27(33)36)22-8-3-4-12-29-22)23-9-5-13-32(23)16-19-7-6-14-35-19/h3-5,8-13,15,17,19,24-25H,6-7,14,16H2,1-2H3,(H,30,34)(H,31,36)/t19-,24-,25+/m1/s1. The molecule has 0 aliphatic carbocycles. The lowest BCUT2D eigenvalue weighted by Gasteiger charge is -2.29. The maximum Gasteiger partial charge on any atom is 0.226 e. The van der Waals surface area contributed by atoms with Gasteiger partial charge in [-0.1, -0.05) is 31.5 Å². The molecule has 1 amide bonds. The minimum absolute atomic E-state index is 0.0805. The number of carbonyl (C=O) groups excluding carboxylic acids is 1. The normalized spacial score (nSPS) is 21.7. The molecular formula is C27H30ClN5O2S. The van der Waals surface area contributed by atoms with Gasteiger partial charge in [0.2, 0.25) is 5.91 Å². The Hall–Kier alpha value is -2.94. The number of halogens is 1. The lowest BCUT2D eigenvalue weighted by molar-refractivity contribution is -0.118. The summed E-state index contributed by atoms with van der Waals surface area (Å²) in [6.45, 7) is 5.30. The first kappa shape index (κ1) is 24.7. The van der Waals surface area contributed by atoms with E-state index in [1.807, 2.05) is 50.2 Å². The molecule has 0 radical (unpaired) electrons. The number of pyridine rings is 1. The Bertz CT molecular complexity index is 1240. The third-order valence-electron chi connectivity index (χ3n) is 6.70. The van der Waals surface area contributed by atoms with E-state index in [-0.39, 0.29) is 30.0 Å². The molecule has 36 heavy (non-hydrogen) atoms. The number of aromatic nitrogens is 2. The summed E-state index contributed by atoms with van der Waals surface area (Å²) in [6, 6.07) is 15.4. The topological polar surface area (TPSA) is 71.4 Å². The molecule has 4 heterocycles. The highest BCUT2D eigenvalue weighted by Crippen LogP contribution is 2.43. The Kier molecular flexibility index (Phi) is 7.27. The number of amides is 1. The molecule has 2 fully saturated rings. The maximum atomic E-state index is 12.2. The minimum atomic E-state index is -0.157. The summed E-state index contributed by atoms with van der Waals surface area (Å²) < 4.78 is 8.19. The van der Waals surface area contributed by atoms with Crippen molar-refractivity contribution >= 4 is 46.2 Å². The first-order chi connectivity index (χ1) is 17.4. The second kappa shape index (κ2) is 10.6. The van der Waals surface area contributed by atoms with E-state index >= 15 is 0 Å². The third-order valence-corrected chi connectivity index (χ3v) is 7.33. The van der Waals surface area contributed by atoms with Gasteiger partial charge in [-0.2, -0.15) is 0 Å². The largest absolute Gasteiger partial charge is 0.376 e. The van der Waals surface area contributed by atoms with Crippen LogP contribution < -0.4 is 15.5 Å². The fourth-order valence-electron chi connectivity index (χ4n) is 4.84. The van der Waals surface area contributed by atoms with E-state index < -0.39 is 0 Å². The zero-order valence-corrected chi connectivity index (χ0v) is 21.9. The highest BCUT2D eigenvalue weighted by molar-refractivity contribution is 7.80. The van der Waals surface area contributed by atoms with Gasteiger partial charge in [0.1, 0.15) is 6.04 Å². The number of benzene rings is 1. The van der Waals surface area contributed by atoms with Crippen LogP contribution in [0.1, 0.15) is 50.2 Å². The molecule has 2 saturated heterocycles. The molecule has 2 aliphatic heterocycles. The molecule has 0 saturated carbocycles. The molecule has 1 aromatic carbocycles. The van der Waals surface area contributed by atoms with Gasteiger partial charge in [0.25, 0.3) is 0 Å². The predicted molar refractivity (Wildman–Crippen MR) is 146 cm³/mol. The van der Waals surface area contributed by atoms with Crippen LogP contribution in [0.4, 0.5) is 11.4 Å². The van der Waals surface area contributed by atoms with Crippen LogP contribution in [0, 0.1) is 5.92 Å². The average Bonchev–Trinajstić information content (AvgIpc) is 3.61. The fraction of sp³-hybridized carbons (Fsp3) is 0.370. The summed E-state index contributed by atoms with van der Waals surface area (Å²) in [6.07, 6.45) is 6.26. The van der Waals surface area contributed by atoms with E-state index in [9.17, 15) is 4.79 Å². The van der Waals surface area contributed by atoms with Gasteiger partial charge < -0.3 is 24.8 Å². The summed E-state index contributed by atoms with van der Waals surface area (Å²) in [5.41, 5.74) is 3.44. The number of hydrogen-bond donors (Lipinski definition) is 2. The first-order valence-electron chi connectivity index (χ1n) is 12.3. The van der Waals surface area contributed by atoms with E-state index in [0.29, 0.717) is 15.8 Å². The molecule has 3 atom stereocenters. The Labute approximate surface area is 221 Å². The van der Waals surface area contributed by atoms with Crippen LogP contribution in [0.25, 0.3) is 0 Å². The zero-order chi connectivity index (χ0) is 25.2. The molecule has 2 N–H and O–H groups in total. The number of ether oxygens (including phenoxy) is 1. The average molecular weight is 524 g/mol. The molecular weight excluding hydrogens is 494 g/mol. The molecule has 2 aliphatic rings. The van der Waals surface area contributed by atoms with Crippen molar-refractivity contribution in [3.63, 3.8) is 0 Å². The smallest absolute Gasteiger partial charge is 0.226 e. The number of hydrogen-bond acceptors (Lipinski definition) is 4. The number of nitrogens with zero attached hydrogens (tertiary/aromatic N) is 3. The molecule has 7 nitrogen and oxygen atoms in total. The monoisotopic (exact) mass is 523 g/mol. The van der Waals surface area contributed by atoms with Crippen molar-refractivity contribution in [3.05, 3.63) is 77.3 Å². The number of carbonyl (C=O) groups is 1. The summed E-state index contributed by atoms with van der Waals surface area (Å²) in [4.78, 5) is 18.9. The van der Waals surface area contributed by atoms with Crippen molar-refractivity contribution in [2.45, 2.75) is 51.4 Å². The SMILES string of the molecule is CC(C)C(=O)Nc1ccc(N2C(=S)N[C@H](c3ccccn3)[C@@H]2c2cccn2C[C@H]2CCCO2)cc1Cl. The molecule has 188 valence electrons. The Morgan fingerprint density at radius 2 is 2.14 bits per heavy atom. The van der Waals surface area contributed by atoms with Gasteiger partial charge in [0.15, 0.2) is 5.11 Å². The quantitative estimate of drug-likeness (QED) is 0.399. The molecule has 5 rings (SSSR count). The van der Waals surface area contributed by atoms with Gasteiger partial charge in [0.05, 0.1) is 28.5 Å². The maximum absolute atomic E-state index is 12.2. The number of nitrogens with one attached hydrogen (secondary N) is 2. The van der Waals surface area contributed by atoms with Crippen molar-refractivity contribution < 1.29 is 9.53 Å². The molecule has 0 spiro atoms. The summed E-state index contributed by atoms with van der Waals surface area (Å²) in [5, 5.41) is 7.44. The van der Waals surface area contributed by atoms with Crippen LogP contribution in [-0.4, -0.2) is 33.3 Å². The Balaban J connectivity index is 1.53. The van der Waals surface area contributed by atoms with Gasteiger partial charge >= 0.3 is 0 Å². The molecule has 2 aromatic heterocycles. The Morgan fingerprint density at radius 3 is 2.83 bits per heavy atom. The van der Waals surface area contributed by atoms with Crippen LogP contribution in [0.5, 0.6) is 0 Å². The second-order valence-corrected chi connectivity index (χ2v) is 10.3. The van der Waals surface area contributed by atoms with Crippen molar-refractivity contribution in [2.75, 3.05) is 16.8 Å². The number of anilines is 2. The molecule has 9 heteroatoms. The minimum Gasteiger partial charge on any atom is -0.376 e.